The molecule has 0 radical (unpaired) electrons. The summed E-state index contributed by atoms with van der Waals surface area (Å²) in [6.07, 6.45) is 9.88. The van der Waals surface area contributed by atoms with Crippen LogP contribution < -0.4 is 29.6 Å². The fourth-order valence-corrected chi connectivity index (χ4v) is 2.51. The summed E-state index contributed by atoms with van der Waals surface area (Å²) in [7, 11) is -4.53. The second-order valence-corrected chi connectivity index (χ2v) is 6.68. The zero-order valence-corrected chi connectivity index (χ0v) is 17.6. The Kier molecular flexibility index (Phi) is 20.8. The standard InChI is InChI=1S/C15H32O7S.Na/c16-13-15(14-17)21-11-9-7-5-3-1-2-4-6-8-10-12-22-23(18,19)20;/h15-17H,1-14H2,(H,18,19,20);/q;+1/p-1. The van der Waals surface area contributed by atoms with Crippen molar-refractivity contribution in [3.63, 3.8) is 0 Å². The van der Waals surface area contributed by atoms with Crippen LogP contribution in [0.15, 0.2) is 0 Å². The van der Waals surface area contributed by atoms with Crippen LogP contribution >= 0.6 is 0 Å². The van der Waals surface area contributed by atoms with E-state index in [2.05, 4.69) is 4.18 Å². The van der Waals surface area contributed by atoms with Crippen molar-refractivity contribution in [3.05, 3.63) is 0 Å². The average molecular weight is 378 g/mol. The molecule has 0 aliphatic heterocycles. The molecule has 0 aromatic heterocycles. The summed E-state index contributed by atoms with van der Waals surface area (Å²) in [4.78, 5) is 0. The maximum atomic E-state index is 10.2. The SMILES string of the molecule is O=S(=O)([O-])OCCCCCCCCCCCCOC(CO)CO.[Na+]. The van der Waals surface area contributed by atoms with Crippen LogP contribution in [0.4, 0.5) is 0 Å². The van der Waals surface area contributed by atoms with Gasteiger partial charge in [0.25, 0.3) is 0 Å². The van der Waals surface area contributed by atoms with Crippen molar-refractivity contribution in [1.29, 1.82) is 0 Å². The first-order valence-electron chi connectivity index (χ1n) is 8.43. The van der Waals surface area contributed by atoms with E-state index in [1.807, 2.05) is 0 Å². The summed E-state index contributed by atoms with van der Waals surface area (Å²) in [5, 5.41) is 17.6. The Morgan fingerprint density at radius 3 is 1.50 bits per heavy atom. The summed E-state index contributed by atoms with van der Waals surface area (Å²) in [5.41, 5.74) is 0. The molecule has 0 saturated heterocycles. The first-order chi connectivity index (χ1) is 11.0. The quantitative estimate of drug-likeness (QED) is 0.140. The van der Waals surface area contributed by atoms with Gasteiger partial charge in [0.1, 0.15) is 6.10 Å². The molecular formula is C15H31NaO7S. The van der Waals surface area contributed by atoms with Crippen LogP contribution in [-0.2, 0) is 19.3 Å². The Labute approximate surface area is 168 Å². The predicted octanol–water partition coefficient (Wildman–Crippen LogP) is -1.26. The minimum atomic E-state index is -4.53. The zero-order valence-electron chi connectivity index (χ0n) is 14.8. The van der Waals surface area contributed by atoms with Crippen molar-refractivity contribution in [1.82, 2.24) is 0 Å². The third-order valence-electron chi connectivity index (χ3n) is 3.53. The number of unbranched alkanes of at least 4 members (excludes halogenated alkanes) is 9. The predicted molar refractivity (Wildman–Crippen MR) is 85.7 cm³/mol. The van der Waals surface area contributed by atoms with Crippen LogP contribution in [0.5, 0.6) is 0 Å². The van der Waals surface area contributed by atoms with Crippen LogP contribution in [0.1, 0.15) is 64.2 Å². The Bertz CT molecular complexity index is 348. The van der Waals surface area contributed by atoms with E-state index in [9.17, 15) is 13.0 Å². The molecular weight excluding hydrogens is 347 g/mol. The molecule has 2 N–H and O–H groups in total. The normalized spacial score (nSPS) is 11.7. The summed E-state index contributed by atoms with van der Waals surface area (Å²) >= 11 is 0. The first-order valence-corrected chi connectivity index (χ1v) is 9.76. The molecule has 0 saturated carbocycles. The van der Waals surface area contributed by atoms with Gasteiger partial charge in [-0.05, 0) is 12.8 Å². The molecule has 140 valence electrons. The summed E-state index contributed by atoms with van der Waals surface area (Å²) in [6.45, 7) is 0.277. The monoisotopic (exact) mass is 378 g/mol. The molecule has 0 unspecified atom stereocenters. The third-order valence-corrected chi connectivity index (χ3v) is 3.98. The molecule has 0 spiro atoms. The molecule has 0 amide bonds. The van der Waals surface area contributed by atoms with Crippen LogP contribution in [0, 0.1) is 0 Å². The molecule has 0 aliphatic carbocycles. The molecule has 0 bridgehead atoms. The Morgan fingerprint density at radius 1 is 0.750 bits per heavy atom. The maximum absolute atomic E-state index is 10.2. The topological polar surface area (TPSA) is 116 Å². The zero-order chi connectivity index (χ0) is 17.4. The molecule has 9 heteroatoms. The molecule has 0 rings (SSSR count). The number of aliphatic hydroxyl groups is 2. The summed E-state index contributed by atoms with van der Waals surface area (Å²) < 4.78 is 40.0. The third kappa shape index (κ3) is 20.8. The minimum absolute atomic E-state index is 0. The second kappa shape index (κ2) is 18.5. The van der Waals surface area contributed by atoms with Gasteiger partial charge in [0, 0.05) is 6.61 Å². The van der Waals surface area contributed by atoms with E-state index in [1.165, 1.54) is 12.8 Å². The maximum Gasteiger partial charge on any atom is 1.00 e. The molecule has 0 atom stereocenters. The number of hydrogen-bond acceptors (Lipinski definition) is 7. The van der Waals surface area contributed by atoms with Gasteiger partial charge in [0.2, 0.25) is 10.4 Å². The van der Waals surface area contributed by atoms with Gasteiger partial charge >= 0.3 is 29.6 Å². The van der Waals surface area contributed by atoms with Gasteiger partial charge < -0.3 is 19.5 Å². The van der Waals surface area contributed by atoms with Crippen molar-refractivity contribution >= 4 is 10.4 Å². The average Bonchev–Trinajstić information content (AvgIpc) is 2.50. The second-order valence-electron chi connectivity index (χ2n) is 5.62. The van der Waals surface area contributed by atoms with E-state index in [-0.39, 0.29) is 49.4 Å². The van der Waals surface area contributed by atoms with E-state index in [4.69, 9.17) is 14.9 Å². The Balaban J connectivity index is 0. The fraction of sp³-hybridized carbons (Fsp3) is 1.00. The van der Waals surface area contributed by atoms with Crippen molar-refractivity contribution in [3.8, 4) is 0 Å². The Hall–Kier alpha value is 0.750. The van der Waals surface area contributed by atoms with Crippen molar-refractivity contribution in [2.24, 2.45) is 0 Å². The summed E-state index contributed by atoms with van der Waals surface area (Å²) in [5.74, 6) is 0. The van der Waals surface area contributed by atoms with Crippen LogP contribution in [0.3, 0.4) is 0 Å². The minimum Gasteiger partial charge on any atom is -0.726 e. The van der Waals surface area contributed by atoms with Crippen LogP contribution in [0.25, 0.3) is 0 Å². The van der Waals surface area contributed by atoms with Gasteiger partial charge in [-0.25, -0.2) is 8.42 Å². The fourth-order valence-electron chi connectivity index (χ4n) is 2.19. The molecule has 7 nitrogen and oxygen atoms in total. The Morgan fingerprint density at radius 2 is 1.12 bits per heavy atom. The van der Waals surface area contributed by atoms with Crippen molar-refractivity contribution < 1.29 is 61.7 Å². The van der Waals surface area contributed by atoms with Gasteiger partial charge in [-0.15, -0.1) is 0 Å². The van der Waals surface area contributed by atoms with Gasteiger partial charge in [0.15, 0.2) is 0 Å². The molecule has 24 heavy (non-hydrogen) atoms. The number of aliphatic hydroxyl groups excluding tert-OH is 2. The summed E-state index contributed by atoms with van der Waals surface area (Å²) in [6, 6.07) is 0. The number of ether oxygens (including phenoxy) is 1. The molecule has 0 aromatic carbocycles. The van der Waals surface area contributed by atoms with Gasteiger partial charge in [-0.1, -0.05) is 51.4 Å². The number of rotatable bonds is 17. The molecule has 0 heterocycles. The van der Waals surface area contributed by atoms with E-state index in [0.29, 0.717) is 13.0 Å². The van der Waals surface area contributed by atoms with Crippen LogP contribution in [-0.4, -0.2) is 55.7 Å². The molecule has 0 aromatic rings. The van der Waals surface area contributed by atoms with E-state index in [0.717, 1.165) is 44.9 Å². The molecule has 0 fully saturated rings. The smallest absolute Gasteiger partial charge is 0.726 e. The van der Waals surface area contributed by atoms with Crippen LogP contribution in [0.2, 0.25) is 0 Å². The van der Waals surface area contributed by atoms with E-state index >= 15 is 0 Å². The van der Waals surface area contributed by atoms with E-state index < -0.39 is 16.5 Å². The number of hydrogen-bond donors (Lipinski definition) is 2. The molecule has 0 aliphatic rings. The van der Waals surface area contributed by atoms with Gasteiger partial charge in [0.05, 0.1) is 19.8 Å². The van der Waals surface area contributed by atoms with E-state index in [1.54, 1.807) is 0 Å². The van der Waals surface area contributed by atoms with Crippen molar-refractivity contribution in [2.75, 3.05) is 26.4 Å². The van der Waals surface area contributed by atoms with Gasteiger partial charge in [-0.3, -0.25) is 4.18 Å². The first kappa shape index (κ1) is 27.0. The largest absolute Gasteiger partial charge is 1.00 e. The van der Waals surface area contributed by atoms with Gasteiger partial charge in [-0.2, -0.15) is 0 Å². The van der Waals surface area contributed by atoms with Crippen molar-refractivity contribution in [2.45, 2.75) is 70.3 Å².